The second-order valence-electron chi connectivity index (χ2n) is 8.32. The number of carboxylic acid groups (broad SMARTS) is 1. The van der Waals surface area contributed by atoms with E-state index < -0.39 is 12.1 Å². The van der Waals surface area contributed by atoms with Crippen LogP contribution in [0.25, 0.3) is 0 Å². The quantitative estimate of drug-likeness (QED) is 0.777. The van der Waals surface area contributed by atoms with Crippen molar-refractivity contribution in [2.24, 2.45) is 5.92 Å². The van der Waals surface area contributed by atoms with Gasteiger partial charge >= 0.3 is 12.1 Å². The van der Waals surface area contributed by atoms with Gasteiger partial charge < -0.3 is 19.6 Å². The number of alkyl halides is 3. The second kappa shape index (κ2) is 10.5. The van der Waals surface area contributed by atoms with Gasteiger partial charge in [0.15, 0.2) is 0 Å². The topological polar surface area (TPSA) is 70.1 Å². The molecule has 0 bridgehead atoms. The molecule has 3 heterocycles. The third kappa shape index (κ3) is 6.67. The summed E-state index contributed by atoms with van der Waals surface area (Å²) >= 11 is 0. The number of nitrogens with zero attached hydrogens (tertiary/aromatic N) is 2. The third-order valence-corrected chi connectivity index (χ3v) is 6.13. The van der Waals surface area contributed by atoms with E-state index in [-0.39, 0.29) is 18.1 Å². The summed E-state index contributed by atoms with van der Waals surface area (Å²) in [6.07, 6.45) is 0.500. The van der Waals surface area contributed by atoms with Gasteiger partial charge in [-0.25, -0.2) is 4.79 Å². The number of amides is 1. The number of likely N-dealkylation sites (tertiary alicyclic amines) is 2. The third-order valence-electron chi connectivity index (χ3n) is 6.13. The lowest BCUT2D eigenvalue weighted by atomic mass is 9.91. The number of aliphatic carboxylic acids is 1. The lowest BCUT2D eigenvalue weighted by Gasteiger charge is -2.34. The molecule has 172 valence electrons. The van der Waals surface area contributed by atoms with Gasteiger partial charge in [-0.15, -0.1) is 0 Å². The fourth-order valence-electron chi connectivity index (χ4n) is 4.43. The van der Waals surface area contributed by atoms with Crippen LogP contribution in [0, 0.1) is 5.92 Å². The van der Waals surface area contributed by atoms with Gasteiger partial charge in [0, 0.05) is 26.2 Å². The summed E-state index contributed by atoms with van der Waals surface area (Å²) in [6.45, 7) is 5.07. The molecule has 0 saturated carbocycles. The number of halogens is 3. The maximum absolute atomic E-state index is 12.6. The highest BCUT2D eigenvalue weighted by Gasteiger charge is 2.43. The molecule has 3 saturated heterocycles. The first kappa shape index (κ1) is 23.5. The van der Waals surface area contributed by atoms with Gasteiger partial charge in [0.05, 0.1) is 6.10 Å². The smallest absolute Gasteiger partial charge is 0.475 e. The lowest BCUT2D eigenvalue weighted by molar-refractivity contribution is -0.192. The number of ether oxygens (including phenoxy) is 1. The molecule has 31 heavy (non-hydrogen) atoms. The second-order valence-corrected chi connectivity index (χ2v) is 8.32. The summed E-state index contributed by atoms with van der Waals surface area (Å²) in [4.78, 5) is 26.0. The monoisotopic (exact) mass is 442 g/mol. The average Bonchev–Trinajstić information content (AvgIpc) is 3.42. The number of piperidine rings is 1. The first-order valence-corrected chi connectivity index (χ1v) is 10.7. The molecule has 3 aliphatic rings. The van der Waals surface area contributed by atoms with Gasteiger partial charge in [-0.1, -0.05) is 30.3 Å². The average molecular weight is 442 g/mol. The number of benzene rings is 1. The van der Waals surface area contributed by atoms with Crippen LogP contribution in [0.2, 0.25) is 0 Å². The van der Waals surface area contributed by atoms with E-state index in [2.05, 4.69) is 35.2 Å². The molecule has 3 aliphatic heterocycles. The summed E-state index contributed by atoms with van der Waals surface area (Å²) in [7, 11) is 0. The molecule has 9 heteroatoms. The Morgan fingerprint density at radius 3 is 2.35 bits per heavy atom. The Morgan fingerprint density at radius 1 is 1.10 bits per heavy atom. The van der Waals surface area contributed by atoms with Crippen LogP contribution in [0.5, 0.6) is 0 Å². The van der Waals surface area contributed by atoms with Crippen molar-refractivity contribution in [3.05, 3.63) is 35.9 Å². The van der Waals surface area contributed by atoms with Gasteiger partial charge in [-0.05, 0) is 50.1 Å². The van der Waals surface area contributed by atoms with Crippen LogP contribution in [-0.2, 0) is 20.7 Å². The fraction of sp³-hybridized carbons (Fsp3) is 0.636. The van der Waals surface area contributed by atoms with E-state index in [1.54, 1.807) is 0 Å². The number of fused-ring (bicyclic) bond motifs is 1. The molecule has 1 N–H and O–H groups in total. The largest absolute Gasteiger partial charge is 0.490 e. The fourth-order valence-corrected chi connectivity index (χ4v) is 4.43. The molecule has 1 aromatic rings. The standard InChI is InChI=1S/C20H28N2O2.C2HF3O2/c23-20(22-10-4-5-11-22)18-14-17-9-13-21(15-19(17)24-18)12-8-16-6-2-1-3-7-16;3-2(4,5)1(6)7/h1-3,6-7,17-19H,4-5,8-15H2;(H,6,7)/t17-,18-,19+;/m0./s1. The number of hydrogen-bond donors (Lipinski definition) is 1. The zero-order chi connectivity index (χ0) is 22.4. The molecule has 0 radical (unpaired) electrons. The van der Waals surface area contributed by atoms with Crippen molar-refractivity contribution in [1.82, 2.24) is 9.80 Å². The van der Waals surface area contributed by atoms with Crippen molar-refractivity contribution in [1.29, 1.82) is 0 Å². The number of carbonyl (C=O) groups is 2. The van der Waals surface area contributed by atoms with Gasteiger partial charge in [0.2, 0.25) is 0 Å². The number of carboxylic acids is 1. The molecule has 0 spiro atoms. The van der Waals surface area contributed by atoms with Crippen molar-refractivity contribution in [2.75, 3.05) is 32.7 Å². The molecule has 1 aromatic carbocycles. The van der Waals surface area contributed by atoms with Crippen LogP contribution >= 0.6 is 0 Å². The van der Waals surface area contributed by atoms with Gasteiger partial charge in [-0.3, -0.25) is 4.79 Å². The summed E-state index contributed by atoms with van der Waals surface area (Å²) < 4.78 is 37.9. The Morgan fingerprint density at radius 2 is 1.74 bits per heavy atom. The summed E-state index contributed by atoms with van der Waals surface area (Å²) in [5, 5.41) is 7.12. The van der Waals surface area contributed by atoms with E-state index in [0.717, 1.165) is 58.4 Å². The van der Waals surface area contributed by atoms with Crippen molar-refractivity contribution >= 4 is 11.9 Å². The van der Waals surface area contributed by atoms with Crippen molar-refractivity contribution in [2.45, 2.75) is 50.5 Å². The summed E-state index contributed by atoms with van der Waals surface area (Å²) in [5.74, 6) is -1.93. The minimum atomic E-state index is -5.08. The normalized spacial score (nSPS) is 26.2. The highest BCUT2D eigenvalue weighted by Crippen LogP contribution is 2.34. The zero-order valence-electron chi connectivity index (χ0n) is 17.4. The van der Waals surface area contributed by atoms with Crippen LogP contribution in [-0.4, -0.2) is 77.9 Å². The highest BCUT2D eigenvalue weighted by atomic mass is 19.4. The Labute approximate surface area is 180 Å². The van der Waals surface area contributed by atoms with Crippen LogP contribution in [0.1, 0.15) is 31.2 Å². The predicted molar refractivity (Wildman–Crippen MR) is 107 cm³/mol. The van der Waals surface area contributed by atoms with Crippen molar-refractivity contribution in [3.63, 3.8) is 0 Å². The number of carbonyl (C=O) groups excluding carboxylic acids is 1. The lowest BCUT2D eigenvalue weighted by Crippen LogP contribution is -2.43. The minimum Gasteiger partial charge on any atom is -0.475 e. The first-order chi connectivity index (χ1) is 14.7. The molecular weight excluding hydrogens is 413 g/mol. The molecule has 4 rings (SSSR count). The Bertz CT molecular complexity index is 738. The van der Waals surface area contributed by atoms with E-state index in [4.69, 9.17) is 14.6 Å². The van der Waals surface area contributed by atoms with E-state index in [1.807, 2.05) is 4.90 Å². The molecule has 3 fully saturated rings. The van der Waals surface area contributed by atoms with Crippen LogP contribution in [0.3, 0.4) is 0 Å². The number of rotatable bonds is 4. The summed E-state index contributed by atoms with van der Waals surface area (Å²) in [5.41, 5.74) is 1.40. The first-order valence-electron chi connectivity index (χ1n) is 10.7. The molecule has 1 amide bonds. The maximum Gasteiger partial charge on any atom is 0.490 e. The molecule has 6 nitrogen and oxygen atoms in total. The maximum atomic E-state index is 12.6. The molecular formula is C22H29F3N2O4. The number of hydrogen-bond acceptors (Lipinski definition) is 4. The molecule has 0 aliphatic carbocycles. The van der Waals surface area contributed by atoms with Crippen LogP contribution in [0.4, 0.5) is 13.2 Å². The minimum absolute atomic E-state index is 0.174. The molecule has 3 atom stereocenters. The van der Waals surface area contributed by atoms with E-state index in [1.165, 1.54) is 12.0 Å². The zero-order valence-corrected chi connectivity index (χ0v) is 17.4. The van der Waals surface area contributed by atoms with E-state index in [9.17, 15) is 18.0 Å². The van der Waals surface area contributed by atoms with Gasteiger partial charge in [-0.2, -0.15) is 13.2 Å². The van der Waals surface area contributed by atoms with Gasteiger partial charge in [0.25, 0.3) is 5.91 Å². The van der Waals surface area contributed by atoms with E-state index >= 15 is 0 Å². The van der Waals surface area contributed by atoms with Crippen molar-refractivity contribution in [3.8, 4) is 0 Å². The van der Waals surface area contributed by atoms with Crippen LogP contribution in [0.15, 0.2) is 30.3 Å². The summed E-state index contributed by atoms with van der Waals surface area (Å²) in [6, 6.07) is 10.7. The highest BCUT2D eigenvalue weighted by molar-refractivity contribution is 5.81. The predicted octanol–water partition coefficient (Wildman–Crippen LogP) is 2.96. The molecule has 0 unspecified atom stereocenters. The molecule has 0 aromatic heterocycles. The Balaban J connectivity index is 0.000000339. The Hall–Kier alpha value is -2.13. The van der Waals surface area contributed by atoms with Gasteiger partial charge in [0.1, 0.15) is 6.10 Å². The van der Waals surface area contributed by atoms with Crippen molar-refractivity contribution < 1.29 is 32.6 Å². The van der Waals surface area contributed by atoms with Crippen LogP contribution < -0.4 is 0 Å². The SMILES string of the molecule is O=C(O)C(F)(F)F.O=C([C@@H]1C[C@@H]2CCN(CCc3ccccc3)C[C@H]2O1)N1CCCC1. The Kier molecular flexibility index (Phi) is 7.94. The van der Waals surface area contributed by atoms with E-state index in [0.29, 0.717) is 5.92 Å².